The van der Waals surface area contributed by atoms with E-state index >= 15 is 0 Å². The van der Waals surface area contributed by atoms with Gasteiger partial charge in [0.05, 0.1) is 18.8 Å². The molecule has 308 valence electrons. The lowest BCUT2D eigenvalue weighted by Gasteiger charge is -2.20. The highest BCUT2D eigenvalue weighted by molar-refractivity contribution is 5.76. The smallest absolute Gasteiger partial charge is 0.220 e. The maximum absolute atomic E-state index is 12.3. The Hall–Kier alpha value is -1.13. The van der Waals surface area contributed by atoms with Crippen molar-refractivity contribution in [1.82, 2.24) is 5.32 Å². The van der Waals surface area contributed by atoms with E-state index < -0.39 is 12.1 Å². The number of nitrogens with one attached hydrogen (secondary N) is 1. The fourth-order valence-electron chi connectivity index (χ4n) is 7.29. The van der Waals surface area contributed by atoms with Gasteiger partial charge in [-0.2, -0.15) is 0 Å². The Kier molecular flexibility index (Phi) is 43.3. The number of rotatable bonds is 43. The molecule has 0 aromatic heterocycles. The molecule has 0 heterocycles. The van der Waals surface area contributed by atoms with Crippen LogP contribution in [-0.2, 0) is 4.79 Å². The van der Waals surface area contributed by atoms with Crippen molar-refractivity contribution < 1.29 is 15.0 Å². The molecule has 0 aliphatic heterocycles. The molecule has 1 amide bonds. The monoisotopic (exact) mass is 732 g/mol. The quantitative estimate of drug-likeness (QED) is 0.0432. The molecule has 0 aromatic rings. The molecule has 2 unspecified atom stereocenters. The minimum Gasteiger partial charge on any atom is -0.394 e. The van der Waals surface area contributed by atoms with E-state index in [0.717, 1.165) is 38.5 Å². The van der Waals surface area contributed by atoms with Crippen molar-refractivity contribution in [3.63, 3.8) is 0 Å². The number of allylic oxidation sites excluding steroid dienone is 3. The first-order chi connectivity index (χ1) is 25.7. The molecule has 0 spiro atoms. The van der Waals surface area contributed by atoms with Crippen LogP contribution in [0.15, 0.2) is 24.3 Å². The summed E-state index contributed by atoms with van der Waals surface area (Å²) in [5.41, 5.74) is 0. The van der Waals surface area contributed by atoms with Crippen LogP contribution in [0.4, 0.5) is 0 Å². The average molecular weight is 732 g/mol. The van der Waals surface area contributed by atoms with E-state index in [9.17, 15) is 15.0 Å². The first kappa shape index (κ1) is 50.9. The van der Waals surface area contributed by atoms with E-state index in [0.29, 0.717) is 6.42 Å². The number of hydrogen-bond acceptors (Lipinski definition) is 3. The van der Waals surface area contributed by atoms with Crippen LogP contribution in [0.1, 0.15) is 258 Å². The Morgan fingerprint density at radius 3 is 1.10 bits per heavy atom. The number of unbranched alkanes of at least 4 members (excludes halogenated alkanes) is 34. The van der Waals surface area contributed by atoms with Crippen LogP contribution in [0, 0.1) is 0 Å². The predicted molar refractivity (Wildman–Crippen MR) is 230 cm³/mol. The highest BCUT2D eigenvalue weighted by Gasteiger charge is 2.17. The van der Waals surface area contributed by atoms with Crippen LogP contribution in [-0.4, -0.2) is 34.9 Å². The zero-order valence-electron chi connectivity index (χ0n) is 35.3. The first-order valence-electron chi connectivity index (χ1n) is 23.6. The molecule has 2 atom stereocenters. The highest BCUT2D eigenvalue weighted by atomic mass is 16.3. The van der Waals surface area contributed by atoms with Crippen LogP contribution in [0.2, 0.25) is 0 Å². The second-order valence-electron chi connectivity index (χ2n) is 16.2. The normalized spacial score (nSPS) is 13.1. The molecule has 3 N–H and O–H groups in total. The molecule has 0 saturated heterocycles. The van der Waals surface area contributed by atoms with Crippen molar-refractivity contribution in [2.45, 2.75) is 270 Å². The third-order valence-electron chi connectivity index (χ3n) is 10.9. The van der Waals surface area contributed by atoms with Crippen molar-refractivity contribution in [3.05, 3.63) is 24.3 Å². The molecule has 0 aliphatic rings. The molecule has 0 rings (SSSR count). The van der Waals surface area contributed by atoms with Gasteiger partial charge in [0.25, 0.3) is 0 Å². The zero-order chi connectivity index (χ0) is 37.8. The molecule has 0 saturated carbocycles. The Balaban J connectivity index is 3.46. The number of carbonyl (C=O) groups excluding carboxylic acids is 1. The van der Waals surface area contributed by atoms with E-state index in [-0.39, 0.29) is 12.5 Å². The largest absolute Gasteiger partial charge is 0.394 e. The molecule has 0 radical (unpaired) electrons. The van der Waals surface area contributed by atoms with Gasteiger partial charge in [-0.3, -0.25) is 4.79 Å². The summed E-state index contributed by atoms with van der Waals surface area (Å²) >= 11 is 0. The lowest BCUT2D eigenvalue weighted by Crippen LogP contribution is -2.45. The van der Waals surface area contributed by atoms with Gasteiger partial charge in [-0.15, -0.1) is 0 Å². The zero-order valence-corrected chi connectivity index (χ0v) is 35.3. The summed E-state index contributed by atoms with van der Waals surface area (Å²) in [6, 6.07) is -0.623. The summed E-state index contributed by atoms with van der Waals surface area (Å²) in [6.07, 6.45) is 57.4. The minimum absolute atomic E-state index is 0.0723. The maximum atomic E-state index is 12.3. The molecule has 0 fully saturated rings. The van der Waals surface area contributed by atoms with Crippen LogP contribution in [0.5, 0.6) is 0 Å². The molecule has 0 aliphatic carbocycles. The predicted octanol–water partition coefficient (Wildman–Crippen LogP) is 14.8. The van der Waals surface area contributed by atoms with Crippen molar-refractivity contribution >= 4 is 5.91 Å². The van der Waals surface area contributed by atoms with Gasteiger partial charge in [-0.1, -0.05) is 231 Å². The van der Waals surface area contributed by atoms with Gasteiger partial charge in [-0.05, 0) is 44.9 Å². The molecule has 4 nitrogen and oxygen atoms in total. The van der Waals surface area contributed by atoms with Crippen molar-refractivity contribution in [1.29, 1.82) is 0 Å². The Morgan fingerprint density at radius 1 is 0.442 bits per heavy atom. The summed E-state index contributed by atoms with van der Waals surface area (Å²) in [6.45, 7) is 4.29. The number of aliphatic hydroxyl groups excluding tert-OH is 2. The van der Waals surface area contributed by atoms with Crippen LogP contribution in [0.3, 0.4) is 0 Å². The van der Waals surface area contributed by atoms with Crippen molar-refractivity contribution in [3.8, 4) is 0 Å². The highest BCUT2D eigenvalue weighted by Crippen LogP contribution is 2.16. The standard InChI is InChI=1S/C48H93NO3/c1-3-5-7-9-11-13-15-17-18-19-20-21-22-23-24-25-26-27-28-29-30-31-32-33-35-37-39-41-43-47(51)46(45-50)49-48(52)44-42-40-38-36-34-16-14-12-10-8-6-4-2/h12,14,41,43,46-47,50-51H,3-11,13,15-40,42,44-45H2,1-2H3,(H,49,52)/b14-12-,43-41+. The molecule has 4 heteroatoms. The van der Waals surface area contributed by atoms with Crippen molar-refractivity contribution in [2.24, 2.45) is 0 Å². The van der Waals surface area contributed by atoms with Gasteiger partial charge in [0.2, 0.25) is 5.91 Å². The van der Waals surface area contributed by atoms with Gasteiger partial charge >= 0.3 is 0 Å². The molecular formula is C48H93NO3. The van der Waals surface area contributed by atoms with Gasteiger partial charge in [0, 0.05) is 6.42 Å². The van der Waals surface area contributed by atoms with E-state index in [4.69, 9.17) is 0 Å². The van der Waals surface area contributed by atoms with Gasteiger partial charge < -0.3 is 15.5 Å². The van der Waals surface area contributed by atoms with Crippen LogP contribution in [0.25, 0.3) is 0 Å². The summed E-state index contributed by atoms with van der Waals surface area (Å²) in [5, 5.41) is 23.0. The van der Waals surface area contributed by atoms with Crippen LogP contribution < -0.4 is 5.32 Å². The fourth-order valence-corrected chi connectivity index (χ4v) is 7.29. The number of aliphatic hydroxyl groups is 2. The Morgan fingerprint density at radius 2 is 0.731 bits per heavy atom. The minimum atomic E-state index is -0.840. The third-order valence-corrected chi connectivity index (χ3v) is 10.9. The lowest BCUT2D eigenvalue weighted by molar-refractivity contribution is -0.123. The molecule has 0 aromatic carbocycles. The SMILES string of the molecule is CCCCC/C=C\CCCCCCCC(=O)NC(CO)C(O)/C=C/CCCCCCCCCCCCCCCCCCCCCCCCCCCC. The number of carbonyl (C=O) groups is 1. The molecular weight excluding hydrogens is 639 g/mol. The number of hydrogen-bond donors (Lipinski definition) is 3. The summed E-state index contributed by atoms with van der Waals surface area (Å²) in [7, 11) is 0. The van der Waals surface area contributed by atoms with Gasteiger partial charge in [0.15, 0.2) is 0 Å². The Bertz CT molecular complexity index is 750. The van der Waals surface area contributed by atoms with E-state index in [1.165, 1.54) is 199 Å². The molecule has 0 bridgehead atoms. The topological polar surface area (TPSA) is 69.6 Å². The lowest BCUT2D eigenvalue weighted by atomic mass is 10.0. The van der Waals surface area contributed by atoms with E-state index in [1.807, 2.05) is 6.08 Å². The van der Waals surface area contributed by atoms with E-state index in [1.54, 1.807) is 6.08 Å². The second kappa shape index (κ2) is 44.3. The Labute approximate surface area is 326 Å². The summed E-state index contributed by atoms with van der Waals surface area (Å²) in [5.74, 6) is -0.0723. The molecule has 52 heavy (non-hydrogen) atoms. The fraction of sp³-hybridized carbons (Fsp3) is 0.896. The van der Waals surface area contributed by atoms with Crippen molar-refractivity contribution in [2.75, 3.05) is 6.61 Å². The van der Waals surface area contributed by atoms with Crippen LogP contribution >= 0.6 is 0 Å². The summed E-state index contributed by atoms with van der Waals surface area (Å²) in [4.78, 5) is 12.3. The first-order valence-corrected chi connectivity index (χ1v) is 23.6. The number of amides is 1. The van der Waals surface area contributed by atoms with Gasteiger partial charge in [-0.25, -0.2) is 0 Å². The van der Waals surface area contributed by atoms with Gasteiger partial charge in [0.1, 0.15) is 0 Å². The second-order valence-corrected chi connectivity index (χ2v) is 16.2. The third kappa shape index (κ3) is 40.1. The average Bonchev–Trinajstić information content (AvgIpc) is 3.15. The summed E-state index contributed by atoms with van der Waals surface area (Å²) < 4.78 is 0. The van der Waals surface area contributed by atoms with E-state index in [2.05, 4.69) is 31.3 Å². The maximum Gasteiger partial charge on any atom is 0.220 e.